The minimum Gasteiger partial charge on any atom is -0.396 e. The summed E-state index contributed by atoms with van der Waals surface area (Å²) in [5.41, 5.74) is 0.633. The summed E-state index contributed by atoms with van der Waals surface area (Å²) in [6.07, 6.45) is 2.90. The van der Waals surface area contributed by atoms with E-state index in [4.69, 9.17) is 5.11 Å². The number of hydrogen-bond donors (Lipinski definition) is 2. The van der Waals surface area contributed by atoms with Crippen LogP contribution in [-0.4, -0.2) is 41.9 Å². The Kier molecular flexibility index (Phi) is 7.63. The van der Waals surface area contributed by atoms with E-state index in [1.165, 1.54) is 12.1 Å². The Morgan fingerprint density at radius 2 is 2.00 bits per heavy atom. The molecule has 0 aliphatic carbocycles. The summed E-state index contributed by atoms with van der Waals surface area (Å²) >= 11 is 0. The van der Waals surface area contributed by atoms with Crippen molar-refractivity contribution in [1.29, 1.82) is 0 Å². The maximum atomic E-state index is 13.0. The number of benzene rings is 1. The molecular weight excluding hydrogens is 245 g/mol. The van der Waals surface area contributed by atoms with Crippen molar-refractivity contribution in [2.45, 2.75) is 31.8 Å². The molecule has 0 bridgehead atoms. The molecule has 0 heterocycles. The maximum absolute atomic E-state index is 13.0. The summed E-state index contributed by atoms with van der Waals surface area (Å²) in [7, 11) is 2.01. The highest BCUT2D eigenvalue weighted by Gasteiger charge is 2.09. The highest BCUT2D eigenvalue weighted by molar-refractivity contribution is 5.18. The van der Waals surface area contributed by atoms with Crippen LogP contribution in [0.1, 0.15) is 37.4 Å². The molecule has 0 saturated carbocycles. The molecule has 4 heteroatoms. The molecule has 0 aromatic heterocycles. The fourth-order valence-electron chi connectivity index (χ4n) is 2.01. The van der Waals surface area contributed by atoms with Gasteiger partial charge in [-0.3, -0.25) is 0 Å². The molecule has 1 unspecified atom stereocenters. The van der Waals surface area contributed by atoms with Crippen molar-refractivity contribution in [1.82, 2.24) is 4.90 Å². The van der Waals surface area contributed by atoms with E-state index >= 15 is 0 Å². The number of halogens is 1. The molecule has 3 nitrogen and oxygen atoms in total. The molecule has 0 aliphatic rings. The van der Waals surface area contributed by atoms with Gasteiger partial charge in [-0.15, -0.1) is 0 Å². The van der Waals surface area contributed by atoms with Crippen molar-refractivity contribution in [3.8, 4) is 0 Å². The van der Waals surface area contributed by atoms with Crippen LogP contribution in [0.4, 0.5) is 4.39 Å². The van der Waals surface area contributed by atoms with Crippen molar-refractivity contribution < 1.29 is 14.6 Å². The Morgan fingerprint density at radius 1 is 1.21 bits per heavy atom. The van der Waals surface area contributed by atoms with Crippen LogP contribution >= 0.6 is 0 Å². The second kappa shape index (κ2) is 9.02. The quantitative estimate of drug-likeness (QED) is 0.676. The van der Waals surface area contributed by atoms with Crippen molar-refractivity contribution in [2.75, 3.05) is 26.7 Å². The van der Waals surface area contributed by atoms with Crippen molar-refractivity contribution in [2.24, 2.45) is 0 Å². The molecule has 1 aromatic rings. The average molecular weight is 269 g/mol. The lowest BCUT2D eigenvalue weighted by molar-refractivity contribution is 0.148. The first-order chi connectivity index (χ1) is 9.13. The third kappa shape index (κ3) is 6.66. The highest BCUT2D eigenvalue weighted by atomic mass is 19.1. The molecule has 108 valence electrons. The third-order valence-corrected chi connectivity index (χ3v) is 3.22. The predicted molar refractivity (Wildman–Crippen MR) is 74.4 cm³/mol. The molecule has 2 N–H and O–H groups in total. The van der Waals surface area contributed by atoms with Crippen LogP contribution in [0, 0.1) is 5.82 Å². The second-order valence-corrected chi connectivity index (χ2v) is 4.95. The van der Waals surface area contributed by atoms with Crippen LogP contribution in [0.2, 0.25) is 0 Å². The Balaban J connectivity index is 2.24. The molecule has 1 rings (SSSR count). The van der Waals surface area contributed by atoms with Gasteiger partial charge in [-0.25, -0.2) is 4.39 Å². The first kappa shape index (κ1) is 16.1. The van der Waals surface area contributed by atoms with Crippen molar-refractivity contribution >= 4 is 0 Å². The van der Waals surface area contributed by atoms with Crippen LogP contribution < -0.4 is 0 Å². The minimum atomic E-state index is -0.615. The fraction of sp³-hybridized carbons (Fsp3) is 0.600. The molecule has 1 atom stereocenters. The average Bonchev–Trinajstić information content (AvgIpc) is 2.41. The maximum Gasteiger partial charge on any atom is 0.123 e. The summed E-state index contributed by atoms with van der Waals surface area (Å²) in [5, 5.41) is 18.7. The number of aliphatic hydroxyl groups excluding tert-OH is 2. The zero-order valence-electron chi connectivity index (χ0n) is 11.6. The van der Waals surface area contributed by atoms with Gasteiger partial charge in [0.05, 0.1) is 6.10 Å². The molecule has 19 heavy (non-hydrogen) atoms. The third-order valence-electron chi connectivity index (χ3n) is 3.22. The first-order valence-corrected chi connectivity index (χ1v) is 6.86. The second-order valence-electron chi connectivity index (χ2n) is 4.95. The molecule has 1 aromatic carbocycles. The van der Waals surface area contributed by atoms with Gasteiger partial charge in [0, 0.05) is 13.2 Å². The summed E-state index contributed by atoms with van der Waals surface area (Å²) < 4.78 is 13.0. The van der Waals surface area contributed by atoms with E-state index in [0.29, 0.717) is 12.0 Å². The van der Waals surface area contributed by atoms with E-state index in [1.807, 2.05) is 7.05 Å². The number of rotatable bonds is 9. The number of aliphatic hydroxyl groups is 2. The molecule has 0 saturated heterocycles. The van der Waals surface area contributed by atoms with Crippen LogP contribution in [0.3, 0.4) is 0 Å². The smallest absolute Gasteiger partial charge is 0.123 e. The van der Waals surface area contributed by atoms with E-state index in [0.717, 1.165) is 32.4 Å². The van der Waals surface area contributed by atoms with Crippen molar-refractivity contribution in [3.63, 3.8) is 0 Å². The van der Waals surface area contributed by atoms with Gasteiger partial charge in [-0.1, -0.05) is 12.1 Å². The van der Waals surface area contributed by atoms with Gasteiger partial charge in [0.25, 0.3) is 0 Å². The molecule has 0 aliphatic heterocycles. The van der Waals surface area contributed by atoms with E-state index < -0.39 is 6.10 Å². The van der Waals surface area contributed by atoms with Crippen LogP contribution in [0.15, 0.2) is 24.3 Å². The van der Waals surface area contributed by atoms with Crippen LogP contribution in [0.25, 0.3) is 0 Å². The van der Waals surface area contributed by atoms with E-state index in [-0.39, 0.29) is 12.4 Å². The number of unbranched alkanes of at least 4 members (excludes halogenated alkanes) is 2. The molecule has 0 amide bonds. The van der Waals surface area contributed by atoms with E-state index in [1.54, 1.807) is 12.1 Å². The topological polar surface area (TPSA) is 43.7 Å². The summed E-state index contributed by atoms with van der Waals surface area (Å²) in [4.78, 5) is 2.15. The highest BCUT2D eigenvalue weighted by Crippen LogP contribution is 2.17. The Morgan fingerprint density at radius 3 is 2.68 bits per heavy atom. The number of hydrogen-bond acceptors (Lipinski definition) is 3. The lowest BCUT2D eigenvalue weighted by Crippen LogP contribution is -2.22. The first-order valence-electron chi connectivity index (χ1n) is 6.86. The molecular formula is C15H24FNO2. The van der Waals surface area contributed by atoms with Gasteiger partial charge >= 0.3 is 0 Å². The largest absolute Gasteiger partial charge is 0.396 e. The summed E-state index contributed by atoms with van der Waals surface area (Å²) in [5.74, 6) is -0.311. The SMILES string of the molecule is CN(CCCCCO)CCC(O)c1cccc(F)c1. The predicted octanol–water partition coefficient (Wildman–Crippen LogP) is 2.34. The Labute approximate surface area is 114 Å². The van der Waals surface area contributed by atoms with Gasteiger partial charge in [-0.05, 0) is 57.0 Å². The molecule has 0 spiro atoms. The van der Waals surface area contributed by atoms with E-state index in [9.17, 15) is 9.50 Å². The number of nitrogens with zero attached hydrogens (tertiary/aromatic N) is 1. The van der Waals surface area contributed by atoms with E-state index in [2.05, 4.69) is 4.90 Å². The lowest BCUT2D eigenvalue weighted by atomic mass is 10.1. The summed E-state index contributed by atoms with van der Waals surface area (Å²) in [6, 6.07) is 6.12. The van der Waals surface area contributed by atoms with Gasteiger partial charge in [-0.2, -0.15) is 0 Å². The van der Waals surface area contributed by atoms with Gasteiger partial charge in [0.1, 0.15) is 5.82 Å². The lowest BCUT2D eigenvalue weighted by Gasteiger charge is -2.19. The van der Waals surface area contributed by atoms with Gasteiger partial charge < -0.3 is 15.1 Å². The standard InChI is InChI=1S/C15H24FNO2/c1-17(9-3-2-4-11-18)10-8-15(19)13-6-5-7-14(16)12-13/h5-7,12,15,18-19H,2-4,8-11H2,1H3. The zero-order chi connectivity index (χ0) is 14.1. The van der Waals surface area contributed by atoms with Gasteiger partial charge in [0.15, 0.2) is 0 Å². The van der Waals surface area contributed by atoms with Crippen molar-refractivity contribution in [3.05, 3.63) is 35.6 Å². The van der Waals surface area contributed by atoms with Gasteiger partial charge in [0.2, 0.25) is 0 Å². The monoisotopic (exact) mass is 269 g/mol. The molecule has 0 fully saturated rings. The Hall–Kier alpha value is -0.970. The normalized spacial score (nSPS) is 12.9. The zero-order valence-corrected chi connectivity index (χ0v) is 11.6. The molecule has 0 radical (unpaired) electrons. The fourth-order valence-corrected chi connectivity index (χ4v) is 2.01. The van der Waals surface area contributed by atoms with Crippen LogP contribution in [0.5, 0.6) is 0 Å². The summed E-state index contributed by atoms with van der Waals surface area (Å²) in [6.45, 7) is 1.98. The minimum absolute atomic E-state index is 0.252. The van der Waals surface area contributed by atoms with Crippen LogP contribution in [-0.2, 0) is 0 Å². The Bertz CT molecular complexity index is 360.